The summed E-state index contributed by atoms with van der Waals surface area (Å²) in [5.74, 6) is 0.235. The topological polar surface area (TPSA) is 97.6 Å². The van der Waals surface area contributed by atoms with E-state index >= 15 is 0 Å². The van der Waals surface area contributed by atoms with Crippen LogP contribution >= 0.6 is 11.6 Å². The van der Waals surface area contributed by atoms with E-state index in [1.807, 2.05) is 4.90 Å². The third-order valence-corrected chi connectivity index (χ3v) is 9.05. The smallest absolute Gasteiger partial charge is 0.316 e. The van der Waals surface area contributed by atoms with Gasteiger partial charge in [-0.15, -0.1) is 0 Å². The van der Waals surface area contributed by atoms with E-state index in [4.69, 9.17) is 16.3 Å². The van der Waals surface area contributed by atoms with E-state index in [0.29, 0.717) is 29.5 Å². The second-order valence-electron chi connectivity index (χ2n) is 10.3. The van der Waals surface area contributed by atoms with Gasteiger partial charge in [-0.2, -0.15) is 14.1 Å². The summed E-state index contributed by atoms with van der Waals surface area (Å²) in [4.78, 5) is 19.7. The molecule has 2 fully saturated rings. The van der Waals surface area contributed by atoms with Crippen molar-refractivity contribution in [2.24, 2.45) is 5.41 Å². The molecule has 3 heterocycles. The average Bonchev–Trinajstić information content (AvgIpc) is 3.24. The summed E-state index contributed by atoms with van der Waals surface area (Å²) in [6.45, 7) is 5.70. The number of aromatic nitrogens is 3. The fraction of sp³-hybridized carbons (Fsp3) is 0.423. The molecule has 0 radical (unpaired) electrons. The van der Waals surface area contributed by atoms with Crippen molar-refractivity contribution < 1.29 is 13.2 Å². The predicted octanol–water partition coefficient (Wildman–Crippen LogP) is 3.75. The Bertz CT molecular complexity index is 1440. The van der Waals surface area contributed by atoms with Crippen LogP contribution in [0.15, 0.2) is 64.7 Å². The molecule has 1 aliphatic heterocycles. The zero-order valence-corrected chi connectivity index (χ0v) is 22.5. The van der Waals surface area contributed by atoms with Crippen LogP contribution in [0.4, 0.5) is 5.69 Å². The molecule has 5 rings (SSSR count). The Kier molecular flexibility index (Phi) is 6.99. The van der Waals surface area contributed by atoms with Crippen LogP contribution in [0.2, 0.25) is 5.02 Å². The van der Waals surface area contributed by atoms with E-state index in [9.17, 15) is 13.2 Å². The van der Waals surface area contributed by atoms with E-state index in [2.05, 4.69) is 23.9 Å². The molecule has 37 heavy (non-hydrogen) atoms. The van der Waals surface area contributed by atoms with E-state index in [0.717, 1.165) is 19.3 Å². The van der Waals surface area contributed by atoms with Crippen LogP contribution in [0.1, 0.15) is 33.1 Å². The number of hydrogen-bond donors (Lipinski definition) is 0. The summed E-state index contributed by atoms with van der Waals surface area (Å²) in [5, 5.41) is 4.96. The van der Waals surface area contributed by atoms with E-state index in [-0.39, 0.29) is 40.9 Å². The third-order valence-electron chi connectivity index (χ3n) is 7.00. The average molecular weight is 544 g/mol. The molecule has 0 bridgehead atoms. The van der Waals surface area contributed by atoms with E-state index in [1.54, 1.807) is 42.6 Å². The van der Waals surface area contributed by atoms with Crippen LogP contribution in [-0.4, -0.2) is 59.8 Å². The lowest BCUT2D eigenvalue weighted by Gasteiger charge is -2.35. The second kappa shape index (κ2) is 10.1. The first-order valence-corrected chi connectivity index (χ1v) is 14.2. The minimum Gasteiger partial charge on any atom is -0.483 e. The Morgan fingerprint density at radius 1 is 1.08 bits per heavy atom. The molecule has 0 N–H and O–H groups in total. The largest absolute Gasteiger partial charge is 0.483 e. The van der Waals surface area contributed by atoms with Gasteiger partial charge in [0.1, 0.15) is 5.69 Å². The number of pyridine rings is 1. The fourth-order valence-electron chi connectivity index (χ4n) is 5.00. The van der Waals surface area contributed by atoms with Gasteiger partial charge in [-0.05, 0) is 55.0 Å². The quantitative estimate of drug-likeness (QED) is 0.467. The van der Waals surface area contributed by atoms with Gasteiger partial charge in [-0.25, -0.2) is 13.4 Å². The van der Waals surface area contributed by atoms with Crippen molar-refractivity contribution in [2.45, 2.75) is 44.2 Å². The molecule has 1 saturated heterocycles. The SMILES string of the molecule is CC1(C)CCC(Oc2c(N3CCN(S(=O)(=O)c4ccccn4)CC3)cnn(-c3cccc(Cl)c3)c2=O)C1. The van der Waals surface area contributed by atoms with Crippen LogP contribution in [-0.2, 0) is 10.0 Å². The molecule has 11 heteroatoms. The van der Waals surface area contributed by atoms with Gasteiger partial charge in [0.05, 0.1) is 18.0 Å². The highest BCUT2D eigenvalue weighted by atomic mass is 35.5. The Balaban J connectivity index is 1.44. The monoisotopic (exact) mass is 543 g/mol. The maximum absolute atomic E-state index is 13.7. The Morgan fingerprint density at radius 3 is 2.51 bits per heavy atom. The first-order valence-electron chi connectivity index (χ1n) is 12.4. The third kappa shape index (κ3) is 5.37. The lowest BCUT2D eigenvalue weighted by molar-refractivity contribution is 0.189. The summed E-state index contributed by atoms with van der Waals surface area (Å²) in [6, 6.07) is 11.8. The van der Waals surface area contributed by atoms with Crippen LogP contribution in [0.25, 0.3) is 5.69 Å². The number of rotatable bonds is 6. The summed E-state index contributed by atoms with van der Waals surface area (Å²) < 4.78 is 35.1. The van der Waals surface area contributed by atoms with Gasteiger partial charge in [0.15, 0.2) is 5.03 Å². The maximum atomic E-state index is 13.7. The lowest BCUT2D eigenvalue weighted by atomic mass is 9.92. The summed E-state index contributed by atoms with van der Waals surface area (Å²) >= 11 is 6.16. The number of nitrogens with zero attached hydrogens (tertiary/aromatic N) is 5. The van der Waals surface area contributed by atoms with Crippen molar-refractivity contribution in [1.29, 1.82) is 0 Å². The number of piperazine rings is 1. The molecule has 1 aromatic carbocycles. The number of hydrogen-bond acceptors (Lipinski definition) is 7. The summed E-state index contributed by atoms with van der Waals surface area (Å²) in [7, 11) is -3.69. The molecular formula is C26H30ClN5O4S. The Hall–Kier alpha value is -2.95. The highest BCUT2D eigenvalue weighted by Gasteiger charge is 2.35. The minimum absolute atomic E-state index is 0.0297. The number of benzene rings is 1. The zero-order chi connectivity index (χ0) is 26.2. The van der Waals surface area contributed by atoms with Crippen molar-refractivity contribution in [1.82, 2.24) is 19.1 Å². The molecule has 1 saturated carbocycles. The van der Waals surface area contributed by atoms with Gasteiger partial charge in [-0.3, -0.25) is 4.79 Å². The molecule has 0 spiro atoms. The van der Waals surface area contributed by atoms with E-state index in [1.165, 1.54) is 21.3 Å². The van der Waals surface area contributed by atoms with Crippen molar-refractivity contribution in [3.05, 3.63) is 70.2 Å². The van der Waals surface area contributed by atoms with Crippen molar-refractivity contribution in [3.8, 4) is 11.4 Å². The first-order chi connectivity index (χ1) is 17.6. The van der Waals surface area contributed by atoms with Crippen molar-refractivity contribution >= 4 is 27.3 Å². The van der Waals surface area contributed by atoms with Gasteiger partial charge in [0.2, 0.25) is 5.75 Å². The highest BCUT2D eigenvalue weighted by molar-refractivity contribution is 7.89. The molecule has 2 aliphatic rings. The molecule has 1 atom stereocenters. The predicted molar refractivity (Wildman–Crippen MR) is 142 cm³/mol. The van der Waals surface area contributed by atoms with Gasteiger partial charge >= 0.3 is 5.56 Å². The van der Waals surface area contributed by atoms with Crippen LogP contribution in [0.5, 0.6) is 5.75 Å². The van der Waals surface area contributed by atoms with Crippen LogP contribution < -0.4 is 15.2 Å². The van der Waals surface area contributed by atoms with Gasteiger partial charge in [-0.1, -0.05) is 37.6 Å². The van der Waals surface area contributed by atoms with Gasteiger partial charge in [0, 0.05) is 37.4 Å². The number of anilines is 1. The zero-order valence-electron chi connectivity index (χ0n) is 20.9. The van der Waals surface area contributed by atoms with E-state index < -0.39 is 10.0 Å². The minimum atomic E-state index is -3.69. The number of halogens is 1. The molecule has 2 aromatic heterocycles. The fourth-order valence-corrected chi connectivity index (χ4v) is 6.54. The standard InChI is InChI=1S/C26H30ClN5O4S/c1-26(2)10-9-21(17-26)36-24-22(18-29-32(25(24)33)20-7-5-6-19(27)16-20)30-12-14-31(15-13-30)37(34,35)23-8-3-4-11-28-23/h3-8,11,16,18,21H,9-10,12-15,17H2,1-2H3. The highest BCUT2D eigenvalue weighted by Crippen LogP contribution is 2.40. The normalized spacial score (nSPS) is 20.2. The number of ether oxygens (including phenoxy) is 1. The van der Waals surface area contributed by atoms with Crippen LogP contribution in [0, 0.1) is 5.41 Å². The summed E-state index contributed by atoms with van der Waals surface area (Å²) in [6.07, 6.45) is 5.74. The Morgan fingerprint density at radius 2 is 1.86 bits per heavy atom. The van der Waals surface area contributed by atoms with Gasteiger partial charge in [0.25, 0.3) is 10.0 Å². The summed E-state index contributed by atoms with van der Waals surface area (Å²) in [5.41, 5.74) is 0.901. The molecule has 196 valence electrons. The lowest BCUT2D eigenvalue weighted by Crippen LogP contribution is -2.49. The molecule has 0 amide bonds. The maximum Gasteiger partial charge on any atom is 0.316 e. The Labute approximate surface area is 221 Å². The van der Waals surface area contributed by atoms with Gasteiger partial charge < -0.3 is 9.64 Å². The number of sulfonamides is 1. The van der Waals surface area contributed by atoms with Crippen molar-refractivity contribution in [3.63, 3.8) is 0 Å². The van der Waals surface area contributed by atoms with Crippen LogP contribution in [0.3, 0.4) is 0 Å². The second-order valence-corrected chi connectivity index (χ2v) is 12.6. The molecular weight excluding hydrogens is 514 g/mol. The molecule has 1 unspecified atom stereocenters. The first kappa shape index (κ1) is 25.7. The molecule has 3 aromatic rings. The van der Waals surface area contributed by atoms with Crippen molar-refractivity contribution in [2.75, 3.05) is 31.1 Å². The molecule has 1 aliphatic carbocycles. The molecule has 9 nitrogen and oxygen atoms in total.